The van der Waals surface area contributed by atoms with Gasteiger partial charge < -0.3 is 25.7 Å². The van der Waals surface area contributed by atoms with Gasteiger partial charge in [0, 0.05) is 18.2 Å². The predicted molar refractivity (Wildman–Crippen MR) is 109 cm³/mol. The lowest BCUT2D eigenvalue weighted by atomic mass is 10.1. The molecule has 2 rings (SSSR count). The van der Waals surface area contributed by atoms with Crippen molar-refractivity contribution in [1.29, 1.82) is 0 Å². The first-order valence-electron chi connectivity index (χ1n) is 8.85. The smallest absolute Gasteiger partial charge is 0.416 e. The Balaban J connectivity index is 2.46. The fourth-order valence-corrected chi connectivity index (χ4v) is 2.52. The second-order valence-electron chi connectivity index (χ2n) is 7.15. The van der Waals surface area contributed by atoms with Crippen LogP contribution in [0.4, 0.5) is 16.3 Å². The van der Waals surface area contributed by atoms with Crippen molar-refractivity contribution >= 4 is 17.6 Å². The number of rotatable bonds is 6. The molecule has 4 N–H and O–H groups in total. The fourth-order valence-electron chi connectivity index (χ4n) is 2.52. The summed E-state index contributed by atoms with van der Waals surface area (Å²) in [6.45, 7) is 5.76. The number of nitrogens with two attached hydrogens (primary N) is 2. The van der Waals surface area contributed by atoms with Crippen LogP contribution in [0.2, 0.25) is 0 Å². The van der Waals surface area contributed by atoms with Gasteiger partial charge in [0.05, 0.1) is 32.1 Å². The van der Waals surface area contributed by atoms with Crippen LogP contribution < -0.4 is 25.8 Å². The lowest BCUT2D eigenvalue weighted by Crippen LogP contribution is -2.37. The number of carbonyl (C=O) groups excluding carboxylic acids is 1. The standard InChI is InChI=1S/C20H28N4O4/c1-20(2,3)28-19(25)24(18-9-8-15(22)16(11-21)23-18)12-13-6-7-14(26-4)10-17(13)27-5/h6-10H,11-12,21-22H2,1-5H3. The molecule has 0 unspecified atom stereocenters. The van der Waals surface area contributed by atoms with Crippen molar-refractivity contribution in [1.82, 2.24) is 4.98 Å². The summed E-state index contributed by atoms with van der Waals surface area (Å²) in [5, 5.41) is 0. The van der Waals surface area contributed by atoms with Crippen LogP contribution in [0.15, 0.2) is 30.3 Å². The molecule has 0 radical (unpaired) electrons. The zero-order valence-electron chi connectivity index (χ0n) is 17.0. The number of hydrogen-bond acceptors (Lipinski definition) is 7. The number of anilines is 2. The van der Waals surface area contributed by atoms with Gasteiger partial charge in [0.2, 0.25) is 0 Å². The number of pyridine rings is 1. The molecule has 0 aliphatic heterocycles. The number of nitrogens with zero attached hydrogens (tertiary/aromatic N) is 2. The normalized spacial score (nSPS) is 11.1. The molecule has 8 nitrogen and oxygen atoms in total. The minimum absolute atomic E-state index is 0.160. The average Bonchev–Trinajstić information content (AvgIpc) is 2.65. The molecule has 28 heavy (non-hydrogen) atoms. The van der Waals surface area contributed by atoms with E-state index in [1.165, 1.54) is 4.90 Å². The molecule has 152 valence electrons. The third kappa shape index (κ3) is 5.26. The largest absolute Gasteiger partial charge is 0.497 e. The van der Waals surface area contributed by atoms with Crippen LogP contribution in [-0.4, -0.2) is 30.9 Å². The van der Waals surface area contributed by atoms with Crippen LogP contribution >= 0.6 is 0 Å². The lowest BCUT2D eigenvalue weighted by molar-refractivity contribution is 0.0576. The molecule has 0 saturated heterocycles. The summed E-state index contributed by atoms with van der Waals surface area (Å²) >= 11 is 0. The van der Waals surface area contributed by atoms with Gasteiger partial charge in [-0.05, 0) is 45.0 Å². The topological polar surface area (TPSA) is 113 Å². The molecular formula is C20H28N4O4. The molecule has 0 atom stereocenters. The van der Waals surface area contributed by atoms with E-state index in [-0.39, 0.29) is 13.1 Å². The van der Waals surface area contributed by atoms with Gasteiger partial charge >= 0.3 is 6.09 Å². The van der Waals surface area contributed by atoms with Crippen LogP contribution in [0.5, 0.6) is 11.5 Å². The van der Waals surface area contributed by atoms with Gasteiger partial charge in [-0.1, -0.05) is 0 Å². The van der Waals surface area contributed by atoms with Gasteiger partial charge in [0.15, 0.2) is 0 Å². The summed E-state index contributed by atoms with van der Waals surface area (Å²) in [6, 6.07) is 8.72. The minimum atomic E-state index is -0.663. The molecule has 0 aliphatic carbocycles. The van der Waals surface area contributed by atoms with Crippen molar-refractivity contribution < 1.29 is 19.0 Å². The second kappa shape index (κ2) is 8.79. The highest BCUT2D eigenvalue weighted by atomic mass is 16.6. The monoisotopic (exact) mass is 388 g/mol. The van der Waals surface area contributed by atoms with Crippen LogP contribution in [0.3, 0.4) is 0 Å². The summed E-state index contributed by atoms with van der Waals surface area (Å²) in [7, 11) is 3.14. The molecular weight excluding hydrogens is 360 g/mol. The van der Waals surface area contributed by atoms with Gasteiger partial charge in [-0.25, -0.2) is 9.78 Å². The number of ether oxygens (including phenoxy) is 3. The second-order valence-corrected chi connectivity index (χ2v) is 7.15. The summed E-state index contributed by atoms with van der Waals surface area (Å²) in [5.41, 5.74) is 12.7. The van der Waals surface area contributed by atoms with Crippen molar-refractivity contribution in [3.63, 3.8) is 0 Å². The van der Waals surface area contributed by atoms with E-state index in [1.807, 2.05) is 6.07 Å². The number of aromatic nitrogens is 1. The van der Waals surface area contributed by atoms with Gasteiger partial charge in [-0.3, -0.25) is 4.90 Å². The van der Waals surface area contributed by atoms with Gasteiger partial charge in [-0.15, -0.1) is 0 Å². The predicted octanol–water partition coefficient (Wildman–Crippen LogP) is 3.08. The maximum absolute atomic E-state index is 12.9. The van der Waals surface area contributed by atoms with E-state index in [0.29, 0.717) is 28.7 Å². The van der Waals surface area contributed by atoms with Crippen LogP contribution in [0.25, 0.3) is 0 Å². The number of methoxy groups -OCH3 is 2. The Morgan fingerprint density at radius 1 is 1.14 bits per heavy atom. The van der Waals surface area contributed by atoms with Crippen molar-refractivity contribution in [2.45, 2.75) is 39.5 Å². The highest BCUT2D eigenvalue weighted by Gasteiger charge is 2.26. The number of hydrogen-bond donors (Lipinski definition) is 2. The molecule has 0 bridgehead atoms. The molecule has 1 heterocycles. The summed E-state index contributed by atoms with van der Waals surface area (Å²) < 4.78 is 16.3. The zero-order chi connectivity index (χ0) is 20.9. The molecule has 1 amide bonds. The van der Waals surface area contributed by atoms with Gasteiger partial charge in [-0.2, -0.15) is 0 Å². The number of carbonyl (C=O) groups is 1. The third-order valence-corrected chi connectivity index (χ3v) is 3.90. The van der Waals surface area contributed by atoms with E-state index >= 15 is 0 Å². The van der Waals surface area contributed by atoms with E-state index in [2.05, 4.69) is 4.98 Å². The van der Waals surface area contributed by atoms with Crippen molar-refractivity contribution in [3.05, 3.63) is 41.6 Å². The quantitative estimate of drug-likeness (QED) is 0.782. The average molecular weight is 388 g/mol. The highest BCUT2D eigenvalue weighted by molar-refractivity contribution is 5.87. The molecule has 2 aromatic rings. The third-order valence-electron chi connectivity index (χ3n) is 3.90. The van der Waals surface area contributed by atoms with E-state index in [0.717, 1.165) is 5.56 Å². The zero-order valence-corrected chi connectivity index (χ0v) is 17.0. The summed E-state index contributed by atoms with van der Waals surface area (Å²) in [4.78, 5) is 18.8. The maximum Gasteiger partial charge on any atom is 0.416 e. The Morgan fingerprint density at radius 2 is 1.86 bits per heavy atom. The summed E-state index contributed by atoms with van der Waals surface area (Å²) in [6.07, 6.45) is -0.536. The van der Waals surface area contributed by atoms with Crippen molar-refractivity contribution in [3.8, 4) is 11.5 Å². The number of amides is 1. The SMILES string of the molecule is COc1ccc(CN(C(=O)OC(C)(C)C)c2ccc(N)c(CN)n2)c(OC)c1. The van der Waals surface area contributed by atoms with E-state index in [4.69, 9.17) is 25.7 Å². The Labute approximate surface area is 165 Å². The number of nitrogen functional groups attached to an aromatic ring is 1. The maximum atomic E-state index is 12.9. The first-order valence-corrected chi connectivity index (χ1v) is 8.85. The molecule has 8 heteroatoms. The number of benzene rings is 1. The van der Waals surface area contributed by atoms with E-state index in [9.17, 15) is 4.79 Å². The van der Waals surface area contributed by atoms with Crippen LogP contribution in [0, 0.1) is 0 Å². The minimum Gasteiger partial charge on any atom is -0.497 e. The Hall–Kier alpha value is -3.00. The first kappa shape index (κ1) is 21.3. The Morgan fingerprint density at radius 3 is 2.43 bits per heavy atom. The van der Waals surface area contributed by atoms with Gasteiger partial charge in [0.1, 0.15) is 22.9 Å². The van der Waals surface area contributed by atoms with E-state index < -0.39 is 11.7 Å². The first-order chi connectivity index (χ1) is 13.2. The molecule has 0 spiro atoms. The fraction of sp³-hybridized carbons (Fsp3) is 0.400. The molecule has 0 saturated carbocycles. The lowest BCUT2D eigenvalue weighted by Gasteiger charge is -2.27. The van der Waals surface area contributed by atoms with Gasteiger partial charge in [0.25, 0.3) is 0 Å². The molecule has 0 fully saturated rings. The van der Waals surface area contributed by atoms with Crippen molar-refractivity contribution in [2.24, 2.45) is 5.73 Å². The summed E-state index contributed by atoms with van der Waals surface area (Å²) in [5.74, 6) is 1.63. The van der Waals surface area contributed by atoms with Crippen LogP contribution in [-0.2, 0) is 17.8 Å². The Kier molecular flexibility index (Phi) is 6.69. The van der Waals surface area contributed by atoms with E-state index in [1.54, 1.807) is 59.3 Å². The molecule has 1 aromatic carbocycles. The molecule has 1 aromatic heterocycles. The van der Waals surface area contributed by atoms with Crippen LogP contribution in [0.1, 0.15) is 32.0 Å². The molecule has 0 aliphatic rings. The van der Waals surface area contributed by atoms with Crippen molar-refractivity contribution in [2.75, 3.05) is 24.9 Å². The highest BCUT2D eigenvalue weighted by Crippen LogP contribution is 2.28. The Bertz CT molecular complexity index is 833.